The number of hydrogen-bond donors (Lipinski definition) is 1. The number of ether oxygens (including phenoxy) is 1. The van der Waals surface area contributed by atoms with Crippen LogP contribution >= 0.6 is 0 Å². The van der Waals surface area contributed by atoms with Gasteiger partial charge in [0.25, 0.3) is 0 Å². The van der Waals surface area contributed by atoms with Crippen molar-refractivity contribution in [1.82, 2.24) is 5.32 Å². The van der Waals surface area contributed by atoms with Gasteiger partial charge in [0.05, 0.1) is 13.0 Å². The van der Waals surface area contributed by atoms with E-state index < -0.39 is 0 Å². The summed E-state index contributed by atoms with van der Waals surface area (Å²) in [4.78, 5) is 12.1. The summed E-state index contributed by atoms with van der Waals surface area (Å²) in [5, 5.41) is 3.55. The summed E-state index contributed by atoms with van der Waals surface area (Å²) in [7, 11) is 1.49. The summed E-state index contributed by atoms with van der Waals surface area (Å²) in [6.45, 7) is 0. The SMILES string of the molecule is COC(=O)[C@@H]1C2CC[C@H](CC1c1ccccc1)N2. The lowest BCUT2D eigenvalue weighted by atomic mass is 9.77. The van der Waals surface area contributed by atoms with Crippen LogP contribution in [0.4, 0.5) is 0 Å². The second-order valence-corrected chi connectivity index (χ2v) is 5.35. The third-order valence-corrected chi connectivity index (χ3v) is 4.38. The van der Waals surface area contributed by atoms with Gasteiger partial charge in [-0.15, -0.1) is 0 Å². The molecular weight excluding hydrogens is 226 g/mol. The molecule has 3 heteroatoms. The Hall–Kier alpha value is -1.35. The van der Waals surface area contributed by atoms with Crippen molar-refractivity contribution in [2.45, 2.75) is 37.3 Å². The molecule has 0 saturated carbocycles. The van der Waals surface area contributed by atoms with Crippen LogP contribution in [-0.2, 0) is 9.53 Å². The average molecular weight is 245 g/mol. The van der Waals surface area contributed by atoms with Crippen LogP contribution < -0.4 is 5.32 Å². The molecule has 96 valence electrons. The standard InChI is InChI=1S/C15H19NO2/c1-18-15(17)14-12(10-5-3-2-4-6-10)9-11-7-8-13(14)16-11/h2-6,11-14,16H,7-9H2,1H3/t11-,12?,13?,14+/m1/s1. The van der Waals surface area contributed by atoms with Crippen LogP contribution in [0.5, 0.6) is 0 Å². The molecular formula is C15H19NO2. The number of carbonyl (C=O) groups excluding carboxylic acids is 1. The highest BCUT2D eigenvalue weighted by Gasteiger charge is 2.46. The van der Waals surface area contributed by atoms with E-state index in [0.29, 0.717) is 18.0 Å². The molecule has 2 aliphatic heterocycles. The van der Waals surface area contributed by atoms with Gasteiger partial charge in [-0.1, -0.05) is 30.3 Å². The first-order valence-electron chi connectivity index (χ1n) is 6.68. The Kier molecular flexibility index (Phi) is 3.08. The monoisotopic (exact) mass is 245 g/mol. The maximum absolute atomic E-state index is 12.1. The number of esters is 1. The van der Waals surface area contributed by atoms with Crippen LogP contribution in [0.3, 0.4) is 0 Å². The minimum atomic E-state index is -0.0679. The second kappa shape index (κ2) is 4.73. The van der Waals surface area contributed by atoms with Gasteiger partial charge in [0, 0.05) is 18.0 Å². The lowest BCUT2D eigenvalue weighted by molar-refractivity contribution is -0.148. The highest BCUT2D eigenvalue weighted by Crippen LogP contribution is 2.42. The molecule has 0 aliphatic carbocycles. The van der Waals surface area contributed by atoms with E-state index in [9.17, 15) is 4.79 Å². The minimum absolute atomic E-state index is 0.0313. The van der Waals surface area contributed by atoms with Crippen molar-refractivity contribution in [2.75, 3.05) is 7.11 Å². The van der Waals surface area contributed by atoms with Crippen LogP contribution in [0.25, 0.3) is 0 Å². The summed E-state index contributed by atoms with van der Waals surface area (Å²) in [5.74, 6) is 0.204. The molecule has 0 radical (unpaired) electrons. The lowest BCUT2D eigenvalue weighted by Gasteiger charge is -2.36. The zero-order valence-electron chi connectivity index (χ0n) is 10.6. The first-order chi connectivity index (χ1) is 8.79. The third kappa shape index (κ3) is 1.93. The molecule has 2 saturated heterocycles. The quantitative estimate of drug-likeness (QED) is 0.811. The van der Waals surface area contributed by atoms with E-state index in [0.717, 1.165) is 12.8 Å². The fourth-order valence-corrected chi connectivity index (χ4v) is 3.56. The van der Waals surface area contributed by atoms with Crippen molar-refractivity contribution in [3.8, 4) is 0 Å². The number of fused-ring (bicyclic) bond motifs is 2. The smallest absolute Gasteiger partial charge is 0.310 e. The van der Waals surface area contributed by atoms with Crippen molar-refractivity contribution < 1.29 is 9.53 Å². The zero-order valence-corrected chi connectivity index (χ0v) is 10.6. The second-order valence-electron chi connectivity index (χ2n) is 5.35. The molecule has 2 aliphatic rings. The molecule has 2 heterocycles. The Morgan fingerprint density at radius 2 is 2.06 bits per heavy atom. The molecule has 1 N–H and O–H groups in total. The van der Waals surface area contributed by atoms with Crippen LogP contribution in [0.1, 0.15) is 30.7 Å². The van der Waals surface area contributed by atoms with E-state index in [1.807, 2.05) is 18.2 Å². The van der Waals surface area contributed by atoms with Gasteiger partial charge in [-0.2, -0.15) is 0 Å². The molecule has 18 heavy (non-hydrogen) atoms. The molecule has 2 unspecified atom stereocenters. The van der Waals surface area contributed by atoms with E-state index in [4.69, 9.17) is 4.74 Å². The summed E-state index contributed by atoms with van der Waals surface area (Å²) in [6.07, 6.45) is 3.32. The number of benzene rings is 1. The third-order valence-electron chi connectivity index (χ3n) is 4.38. The first-order valence-corrected chi connectivity index (χ1v) is 6.68. The van der Waals surface area contributed by atoms with Crippen molar-refractivity contribution in [3.63, 3.8) is 0 Å². The summed E-state index contributed by atoms with van der Waals surface area (Å²) < 4.78 is 5.01. The van der Waals surface area contributed by atoms with Gasteiger partial charge in [-0.3, -0.25) is 4.79 Å². The highest BCUT2D eigenvalue weighted by molar-refractivity contribution is 5.75. The molecule has 1 aromatic carbocycles. The van der Waals surface area contributed by atoms with Gasteiger partial charge >= 0.3 is 5.97 Å². The predicted molar refractivity (Wildman–Crippen MR) is 69.3 cm³/mol. The van der Waals surface area contributed by atoms with Crippen LogP contribution in [0.15, 0.2) is 30.3 Å². The first kappa shape index (κ1) is 11.7. The lowest BCUT2D eigenvalue weighted by Crippen LogP contribution is -2.48. The maximum atomic E-state index is 12.1. The van der Waals surface area contributed by atoms with E-state index in [-0.39, 0.29) is 11.9 Å². The molecule has 2 bridgehead atoms. The number of rotatable bonds is 2. The van der Waals surface area contributed by atoms with Crippen molar-refractivity contribution in [1.29, 1.82) is 0 Å². The van der Waals surface area contributed by atoms with Gasteiger partial charge in [0.2, 0.25) is 0 Å². The zero-order chi connectivity index (χ0) is 12.5. The summed E-state index contributed by atoms with van der Waals surface area (Å²) in [6, 6.07) is 11.2. The topological polar surface area (TPSA) is 38.3 Å². The molecule has 0 aromatic heterocycles. The number of methoxy groups -OCH3 is 1. The van der Waals surface area contributed by atoms with E-state index in [1.54, 1.807) is 0 Å². The molecule has 3 rings (SSSR count). The molecule has 0 amide bonds. The fraction of sp³-hybridized carbons (Fsp3) is 0.533. The fourth-order valence-electron chi connectivity index (χ4n) is 3.56. The van der Waals surface area contributed by atoms with E-state index in [1.165, 1.54) is 19.1 Å². The molecule has 0 spiro atoms. The van der Waals surface area contributed by atoms with Crippen molar-refractivity contribution >= 4 is 5.97 Å². The molecule has 3 nitrogen and oxygen atoms in total. The van der Waals surface area contributed by atoms with Gasteiger partial charge < -0.3 is 10.1 Å². The number of carbonyl (C=O) groups is 1. The number of piperidine rings is 1. The van der Waals surface area contributed by atoms with E-state index >= 15 is 0 Å². The van der Waals surface area contributed by atoms with Crippen LogP contribution in [-0.4, -0.2) is 25.2 Å². The van der Waals surface area contributed by atoms with Gasteiger partial charge in [0.1, 0.15) is 0 Å². The number of nitrogens with one attached hydrogen (secondary N) is 1. The largest absolute Gasteiger partial charge is 0.469 e. The molecule has 2 fully saturated rings. The normalized spacial score (nSPS) is 34.3. The maximum Gasteiger partial charge on any atom is 0.310 e. The van der Waals surface area contributed by atoms with Crippen LogP contribution in [0.2, 0.25) is 0 Å². The summed E-state index contributed by atoms with van der Waals surface area (Å²) >= 11 is 0. The van der Waals surface area contributed by atoms with Gasteiger partial charge in [0.15, 0.2) is 0 Å². The average Bonchev–Trinajstić information content (AvgIpc) is 2.80. The Bertz CT molecular complexity index is 431. The van der Waals surface area contributed by atoms with Gasteiger partial charge in [-0.25, -0.2) is 0 Å². The Morgan fingerprint density at radius 1 is 1.28 bits per heavy atom. The minimum Gasteiger partial charge on any atom is -0.469 e. The van der Waals surface area contributed by atoms with Crippen molar-refractivity contribution in [2.24, 2.45) is 5.92 Å². The Labute approximate surface area is 108 Å². The predicted octanol–water partition coefficient (Wildman–Crippen LogP) is 2.08. The van der Waals surface area contributed by atoms with Gasteiger partial charge in [-0.05, 0) is 24.8 Å². The number of hydrogen-bond acceptors (Lipinski definition) is 3. The summed E-state index contributed by atoms with van der Waals surface area (Å²) in [5.41, 5.74) is 1.27. The highest BCUT2D eigenvalue weighted by atomic mass is 16.5. The van der Waals surface area contributed by atoms with Crippen molar-refractivity contribution in [3.05, 3.63) is 35.9 Å². The molecule has 4 atom stereocenters. The Morgan fingerprint density at radius 3 is 2.78 bits per heavy atom. The Balaban J connectivity index is 1.93. The van der Waals surface area contributed by atoms with E-state index in [2.05, 4.69) is 17.4 Å². The molecule has 1 aromatic rings. The van der Waals surface area contributed by atoms with Crippen LogP contribution in [0, 0.1) is 5.92 Å².